The van der Waals surface area contributed by atoms with Crippen LogP contribution in [0.5, 0.6) is 11.5 Å². The molecular formula is C33H40O2. The molecule has 0 aliphatic carbocycles. The van der Waals surface area contributed by atoms with Crippen LogP contribution in [0.15, 0.2) is 84.9 Å². The van der Waals surface area contributed by atoms with Crippen LogP contribution in [-0.4, -0.2) is 13.2 Å². The lowest BCUT2D eigenvalue weighted by molar-refractivity contribution is 0.307. The molecule has 0 saturated heterocycles. The molecule has 0 spiro atoms. The molecule has 4 aromatic carbocycles. The van der Waals surface area contributed by atoms with Crippen LogP contribution in [0.3, 0.4) is 0 Å². The highest BCUT2D eigenvalue weighted by Gasteiger charge is 2.02. The van der Waals surface area contributed by atoms with Crippen molar-refractivity contribution in [2.75, 3.05) is 13.2 Å². The second kappa shape index (κ2) is 14.4. The van der Waals surface area contributed by atoms with Gasteiger partial charge in [0.15, 0.2) is 0 Å². The molecule has 0 aromatic heterocycles. The summed E-state index contributed by atoms with van der Waals surface area (Å²) >= 11 is 0. The largest absolute Gasteiger partial charge is 0.493 e. The predicted molar refractivity (Wildman–Crippen MR) is 150 cm³/mol. The molecule has 0 bridgehead atoms. The summed E-state index contributed by atoms with van der Waals surface area (Å²) in [6, 6.07) is 29.5. The number of ether oxygens (including phenoxy) is 2. The molecule has 0 radical (unpaired) electrons. The topological polar surface area (TPSA) is 18.5 Å². The number of unbranched alkanes of at least 4 members (excludes halogenated alkanes) is 10. The lowest BCUT2D eigenvalue weighted by Gasteiger charge is -2.09. The van der Waals surface area contributed by atoms with Crippen LogP contribution in [0.1, 0.15) is 70.6 Å². The Bertz CT molecular complexity index is 1050. The summed E-state index contributed by atoms with van der Waals surface area (Å²) in [6.07, 6.45) is 14.3. The third-order valence-corrected chi connectivity index (χ3v) is 6.80. The summed E-state index contributed by atoms with van der Waals surface area (Å²) in [4.78, 5) is 0. The average molecular weight is 469 g/mol. The minimum atomic E-state index is 0.818. The van der Waals surface area contributed by atoms with E-state index in [0.717, 1.165) is 37.6 Å². The van der Waals surface area contributed by atoms with Crippen molar-refractivity contribution < 1.29 is 9.47 Å². The van der Waals surface area contributed by atoms with Gasteiger partial charge in [0.05, 0.1) is 13.2 Å². The van der Waals surface area contributed by atoms with Crippen molar-refractivity contribution in [2.24, 2.45) is 0 Å². The van der Waals surface area contributed by atoms with Crippen LogP contribution in [0, 0.1) is 0 Å². The van der Waals surface area contributed by atoms with Crippen LogP contribution in [0.4, 0.5) is 0 Å². The molecule has 0 saturated carbocycles. The first kappa shape index (κ1) is 25.1. The third-order valence-electron chi connectivity index (χ3n) is 6.80. The van der Waals surface area contributed by atoms with Gasteiger partial charge in [0.25, 0.3) is 0 Å². The molecule has 0 unspecified atom stereocenters. The third kappa shape index (κ3) is 8.02. The lowest BCUT2D eigenvalue weighted by atomic mass is 10.1. The normalized spacial score (nSPS) is 11.2. The molecule has 2 heteroatoms. The van der Waals surface area contributed by atoms with Crippen molar-refractivity contribution >= 4 is 21.5 Å². The van der Waals surface area contributed by atoms with Gasteiger partial charge in [-0.25, -0.2) is 0 Å². The van der Waals surface area contributed by atoms with Gasteiger partial charge in [-0.3, -0.25) is 0 Å². The Morgan fingerprint density at radius 2 is 0.686 bits per heavy atom. The Morgan fingerprint density at radius 1 is 0.343 bits per heavy atom. The van der Waals surface area contributed by atoms with Crippen LogP contribution in [0.2, 0.25) is 0 Å². The average Bonchev–Trinajstić information content (AvgIpc) is 2.91. The molecule has 4 rings (SSSR count). The zero-order valence-electron chi connectivity index (χ0n) is 21.1. The quantitative estimate of drug-likeness (QED) is 0.152. The Kier molecular flexibility index (Phi) is 10.3. The van der Waals surface area contributed by atoms with Crippen molar-refractivity contribution in [3.8, 4) is 11.5 Å². The fourth-order valence-electron chi connectivity index (χ4n) is 4.80. The van der Waals surface area contributed by atoms with E-state index in [4.69, 9.17) is 9.47 Å². The van der Waals surface area contributed by atoms with Crippen LogP contribution >= 0.6 is 0 Å². The van der Waals surface area contributed by atoms with Gasteiger partial charge in [-0.15, -0.1) is 0 Å². The molecular weight excluding hydrogens is 428 g/mol. The summed E-state index contributed by atoms with van der Waals surface area (Å²) < 4.78 is 12.1. The maximum atomic E-state index is 6.05. The van der Waals surface area contributed by atoms with E-state index in [2.05, 4.69) is 84.9 Å². The highest BCUT2D eigenvalue weighted by Crippen LogP contribution is 2.26. The van der Waals surface area contributed by atoms with Crippen LogP contribution in [-0.2, 0) is 0 Å². The minimum absolute atomic E-state index is 0.818. The molecule has 0 amide bonds. The summed E-state index contributed by atoms with van der Waals surface area (Å²) in [5.41, 5.74) is 0. The molecule has 184 valence electrons. The Labute approximate surface area is 211 Å². The van der Waals surface area contributed by atoms with Gasteiger partial charge in [-0.2, -0.15) is 0 Å². The second-order valence-corrected chi connectivity index (χ2v) is 9.54. The van der Waals surface area contributed by atoms with E-state index in [1.807, 2.05) is 0 Å². The first-order valence-electron chi connectivity index (χ1n) is 13.6. The number of hydrogen-bond acceptors (Lipinski definition) is 2. The predicted octanol–water partition coefficient (Wildman–Crippen LogP) is 9.74. The maximum Gasteiger partial charge on any atom is 0.127 e. The van der Waals surface area contributed by atoms with Crippen LogP contribution in [0.25, 0.3) is 21.5 Å². The number of rotatable bonds is 16. The van der Waals surface area contributed by atoms with Gasteiger partial charge >= 0.3 is 0 Å². The minimum Gasteiger partial charge on any atom is -0.493 e. The van der Waals surface area contributed by atoms with E-state index in [1.165, 1.54) is 79.3 Å². The highest BCUT2D eigenvalue weighted by atomic mass is 16.5. The van der Waals surface area contributed by atoms with Gasteiger partial charge in [0.2, 0.25) is 0 Å². The highest BCUT2D eigenvalue weighted by molar-refractivity contribution is 5.88. The molecule has 0 fully saturated rings. The Balaban J connectivity index is 0.950. The summed E-state index contributed by atoms with van der Waals surface area (Å²) in [7, 11) is 0. The van der Waals surface area contributed by atoms with Gasteiger partial charge in [-0.1, -0.05) is 131 Å². The van der Waals surface area contributed by atoms with Gasteiger partial charge < -0.3 is 9.47 Å². The first-order valence-corrected chi connectivity index (χ1v) is 13.6. The zero-order valence-corrected chi connectivity index (χ0v) is 21.1. The van der Waals surface area contributed by atoms with Crippen molar-refractivity contribution in [3.05, 3.63) is 84.9 Å². The molecule has 0 atom stereocenters. The standard InChI is InChI=1S/C33H40O2/c1(2-4-6-8-14-26-34-32-24-16-20-28-18-10-12-22-30(28)32)3-5-7-9-15-27-35-33-25-17-21-29-19-11-13-23-31(29)33/h10-13,16-25H,1-9,14-15,26-27H2. The van der Waals surface area contributed by atoms with Crippen molar-refractivity contribution in [2.45, 2.75) is 70.6 Å². The van der Waals surface area contributed by atoms with E-state index in [-0.39, 0.29) is 0 Å². The molecule has 0 aliphatic rings. The fraction of sp³-hybridized carbons (Fsp3) is 0.394. The lowest BCUT2D eigenvalue weighted by Crippen LogP contribution is -1.98. The van der Waals surface area contributed by atoms with E-state index < -0.39 is 0 Å². The zero-order chi connectivity index (χ0) is 24.0. The van der Waals surface area contributed by atoms with Gasteiger partial charge in [0, 0.05) is 10.8 Å². The monoisotopic (exact) mass is 468 g/mol. The molecule has 35 heavy (non-hydrogen) atoms. The Morgan fingerprint density at radius 3 is 1.11 bits per heavy atom. The van der Waals surface area contributed by atoms with Crippen molar-refractivity contribution in [1.82, 2.24) is 0 Å². The van der Waals surface area contributed by atoms with E-state index in [9.17, 15) is 0 Å². The SMILES string of the molecule is c1ccc2c(OCCCCCCCCCCCCCOc3cccc4ccccc34)cccc2c1. The van der Waals surface area contributed by atoms with Gasteiger partial charge in [-0.05, 0) is 35.7 Å². The number of benzene rings is 4. The Hall–Kier alpha value is -3.00. The second-order valence-electron chi connectivity index (χ2n) is 9.54. The molecule has 0 aliphatic heterocycles. The number of fused-ring (bicyclic) bond motifs is 2. The van der Waals surface area contributed by atoms with E-state index in [0.29, 0.717) is 0 Å². The van der Waals surface area contributed by atoms with E-state index >= 15 is 0 Å². The van der Waals surface area contributed by atoms with Crippen LogP contribution < -0.4 is 9.47 Å². The molecule has 4 aromatic rings. The smallest absolute Gasteiger partial charge is 0.127 e. The van der Waals surface area contributed by atoms with Gasteiger partial charge in [0.1, 0.15) is 11.5 Å². The summed E-state index contributed by atoms with van der Waals surface area (Å²) in [5.74, 6) is 2.03. The van der Waals surface area contributed by atoms with E-state index in [1.54, 1.807) is 0 Å². The van der Waals surface area contributed by atoms with Crippen molar-refractivity contribution in [1.29, 1.82) is 0 Å². The summed E-state index contributed by atoms with van der Waals surface area (Å²) in [6.45, 7) is 1.64. The number of hydrogen-bond donors (Lipinski definition) is 0. The summed E-state index contributed by atoms with van der Waals surface area (Å²) in [5, 5.41) is 4.93. The van der Waals surface area contributed by atoms with Crippen molar-refractivity contribution in [3.63, 3.8) is 0 Å². The fourth-order valence-corrected chi connectivity index (χ4v) is 4.80. The molecule has 0 heterocycles. The maximum absolute atomic E-state index is 6.05. The molecule has 2 nitrogen and oxygen atoms in total. The first-order chi connectivity index (χ1) is 17.4. The molecule has 0 N–H and O–H groups in total.